The van der Waals surface area contributed by atoms with Crippen LogP contribution in [0, 0.1) is 12.3 Å². The molecular weight excluding hydrogens is 318 g/mol. The van der Waals surface area contributed by atoms with Crippen molar-refractivity contribution < 1.29 is 9.59 Å². The molecule has 0 radical (unpaired) electrons. The van der Waals surface area contributed by atoms with Gasteiger partial charge >= 0.3 is 11.8 Å². The van der Waals surface area contributed by atoms with Crippen molar-refractivity contribution in [3.63, 3.8) is 0 Å². The van der Waals surface area contributed by atoms with Crippen LogP contribution in [0.2, 0.25) is 0 Å². The van der Waals surface area contributed by atoms with Crippen LogP contribution in [-0.2, 0) is 16.6 Å². The summed E-state index contributed by atoms with van der Waals surface area (Å²) in [5.41, 5.74) is 2.06. The maximum absolute atomic E-state index is 12.1. The minimum atomic E-state index is -0.738. The average Bonchev–Trinajstić information content (AvgIpc) is 3.00. The van der Waals surface area contributed by atoms with E-state index in [9.17, 15) is 9.59 Å². The van der Waals surface area contributed by atoms with Crippen LogP contribution in [0.3, 0.4) is 0 Å². The van der Waals surface area contributed by atoms with Gasteiger partial charge in [0.25, 0.3) is 0 Å². The molecule has 0 aliphatic carbocycles. The second-order valence-electron chi connectivity index (χ2n) is 5.82. The molecule has 1 aromatic heterocycles. The van der Waals surface area contributed by atoms with E-state index >= 15 is 0 Å². The van der Waals surface area contributed by atoms with E-state index < -0.39 is 11.8 Å². The van der Waals surface area contributed by atoms with Crippen LogP contribution in [-0.4, -0.2) is 47.1 Å². The molecule has 25 heavy (non-hydrogen) atoms. The minimum absolute atomic E-state index is 0.0878. The zero-order valence-electron chi connectivity index (χ0n) is 14.5. The summed E-state index contributed by atoms with van der Waals surface area (Å²) < 4.78 is 1.69. The third-order valence-corrected chi connectivity index (χ3v) is 3.68. The molecule has 0 saturated heterocycles. The van der Waals surface area contributed by atoms with Gasteiger partial charge in [-0.1, -0.05) is 12.0 Å². The van der Waals surface area contributed by atoms with Crippen LogP contribution in [0.15, 0.2) is 36.7 Å². The third-order valence-electron chi connectivity index (χ3n) is 3.68. The normalized spacial score (nSPS) is 11.6. The number of carbonyl (C=O) groups is 2. The molecule has 130 valence electrons. The highest BCUT2D eigenvalue weighted by Gasteiger charge is 2.20. The Labute approximate surface area is 147 Å². The van der Waals surface area contributed by atoms with Gasteiger partial charge in [0.2, 0.25) is 0 Å². The monoisotopic (exact) mass is 339 g/mol. The van der Waals surface area contributed by atoms with E-state index in [-0.39, 0.29) is 12.6 Å². The summed E-state index contributed by atoms with van der Waals surface area (Å²) in [4.78, 5) is 26.0. The number of aryl methyl sites for hydroxylation is 1. The maximum Gasteiger partial charge on any atom is 0.313 e. The zero-order valence-corrected chi connectivity index (χ0v) is 14.5. The highest BCUT2D eigenvalue weighted by atomic mass is 16.2. The van der Waals surface area contributed by atoms with E-state index in [0.29, 0.717) is 11.3 Å². The molecule has 2 N–H and O–H groups in total. The van der Waals surface area contributed by atoms with Crippen molar-refractivity contribution in [3.05, 3.63) is 47.8 Å². The van der Waals surface area contributed by atoms with Gasteiger partial charge in [0.05, 0.1) is 12.2 Å². The van der Waals surface area contributed by atoms with Crippen molar-refractivity contribution in [2.24, 2.45) is 7.05 Å². The van der Waals surface area contributed by atoms with Gasteiger partial charge in [-0.05, 0) is 32.3 Å². The molecule has 7 heteroatoms. The molecule has 1 aromatic carbocycles. The lowest BCUT2D eigenvalue weighted by molar-refractivity contribution is -0.136. The number of carbonyl (C=O) groups excluding carboxylic acids is 2. The van der Waals surface area contributed by atoms with Crippen LogP contribution in [0.4, 0.5) is 5.69 Å². The van der Waals surface area contributed by atoms with E-state index in [1.807, 2.05) is 32.2 Å². The van der Waals surface area contributed by atoms with Gasteiger partial charge in [-0.3, -0.25) is 14.3 Å². The second-order valence-corrected chi connectivity index (χ2v) is 5.82. The van der Waals surface area contributed by atoms with Gasteiger partial charge in [0, 0.05) is 36.6 Å². The molecule has 2 aromatic rings. The quantitative estimate of drug-likeness (QED) is 0.623. The topological polar surface area (TPSA) is 79.3 Å². The molecule has 0 aliphatic rings. The van der Waals surface area contributed by atoms with Gasteiger partial charge < -0.3 is 15.5 Å². The molecule has 2 rings (SSSR count). The van der Waals surface area contributed by atoms with Gasteiger partial charge in [-0.15, -0.1) is 6.42 Å². The predicted octanol–water partition coefficient (Wildman–Crippen LogP) is 0.759. The number of terminal acetylenes is 1. The number of anilines is 1. The second kappa shape index (κ2) is 8.13. The Kier molecular flexibility index (Phi) is 5.93. The summed E-state index contributed by atoms with van der Waals surface area (Å²) in [6.45, 7) is 0.287. The Morgan fingerprint density at radius 3 is 2.72 bits per heavy atom. The summed E-state index contributed by atoms with van der Waals surface area (Å²) in [5, 5.41) is 9.32. The van der Waals surface area contributed by atoms with Gasteiger partial charge in [-0.25, -0.2) is 0 Å². The largest absolute Gasteiger partial charge is 0.346 e. The van der Waals surface area contributed by atoms with E-state index in [0.717, 1.165) is 5.56 Å². The SMILES string of the molecule is C#Cc1cccc(NC(=O)C(=O)NCC(c2cnn(C)c2)N(C)C)c1. The Hall–Kier alpha value is -3.11. The van der Waals surface area contributed by atoms with Crippen LogP contribution >= 0.6 is 0 Å². The van der Waals surface area contributed by atoms with Gasteiger partial charge in [-0.2, -0.15) is 5.10 Å². The van der Waals surface area contributed by atoms with E-state index in [4.69, 9.17) is 6.42 Å². The molecular formula is C18H21N5O2. The van der Waals surface area contributed by atoms with Crippen LogP contribution in [0.5, 0.6) is 0 Å². The van der Waals surface area contributed by atoms with Gasteiger partial charge in [0.1, 0.15) is 0 Å². The van der Waals surface area contributed by atoms with E-state index in [1.54, 1.807) is 35.1 Å². The predicted molar refractivity (Wildman–Crippen MR) is 95.7 cm³/mol. The lowest BCUT2D eigenvalue weighted by atomic mass is 10.1. The molecule has 7 nitrogen and oxygen atoms in total. The molecule has 1 unspecified atom stereocenters. The summed E-state index contributed by atoms with van der Waals surface area (Å²) in [6.07, 6.45) is 8.94. The van der Waals surface area contributed by atoms with E-state index in [1.165, 1.54) is 0 Å². The van der Waals surface area contributed by atoms with Crippen molar-refractivity contribution in [1.29, 1.82) is 0 Å². The van der Waals surface area contributed by atoms with Gasteiger partial charge in [0.15, 0.2) is 0 Å². The smallest absolute Gasteiger partial charge is 0.313 e. The first-order chi connectivity index (χ1) is 11.9. The molecule has 1 heterocycles. The highest BCUT2D eigenvalue weighted by Crippen LogP contribution is 2.16. The Bertz CT molecular complexity index is 804. The molecule has 2 amide bonds. The zero-order chi connectivity index (χ0) is 18.4. The molecule has 0 spiro atoms. The number of hydrogen-bond donors (Lipinski definition) is 2. The first kappa shape index (κ1) is 18.2. The maximum atomic E-state index is 12.1. The van der Waals surface area contributed by atoms with Crippen molar-refractivity contribution in [3.8, 4) is 12.3 Å². The fraction of sp³-hybridized carbons (Fsp3) is 0.278. The van der Waals surface area contributed by atoms with E-state index in [2.05, 4.69) is 21.7 Å². The number of amides is 2. The summed E-state index contributed by atoms with van der Waals surface area (Å²) >= 11 is 0. The number of rotatable bonds is 5. The van der Waals surface area contributed by atoms with Crippen LogP contribution < -0.4 is 10.6 Å². The summed E-state index contributed by atoms with van der Waals surface area (Å²) in [6, 6.07) is 6.67. The first-order valence-corrected chi connectivity index (χ1v) is 7.71. The number of nitrogens with one attached hydrogen (secondary N) is 2. The highest BCUT2D eigenvalue weighted by molar-refractivity contribution is 6.39. The fourth-order valence-corrected chi connectivity index (χ4v) is 2.36. The molecule has 0 aliphatic heterocycles. The number of benzene rings is 1. The first-order valence-electron chi connectivity index (χ1n) is 7.71. The van der Waals surface area contributed by atoms with Crippen molar-refractivity contribution in [2.75, 3.05) is 26.0 Å². The summed E-state index contributed by atoms with van der Waals surface area (Å²) in [7, 11) is 5.62. The number of aromatic nitrogens is 2. The Morgan fingerprint density at radius 1 is 1.36 bits per heavy atom. The minimum Gasteiger partial charge on any atom is -0.346 e. The Morgan fingerprint density at radius 2 is 2.12 bits per heavy atom. The van der Waals surface area contributed by atoms with Crippen molar-refractivity contribution in [1.82, 2.24) is 20.0 Å². The lowest BCUT2D eigenvalue weighted by Gasteiger charge is -2.23. The van der Waals surface area contributed by atoms with Crippen molar-refractivity contribution >= 4 is 17.5 Å². The molecule has 0 saturated carbocycles. The average molecular weight is 339 g/mol. The number of likely N-dealkylation sites (N-methyl/N-ethyl adjacent to an activating group) is 1. The Balaban J connectivity index is 1.96. The van der Waals surface area contributed by atoms with Crippen molar-refractivity contribution in [2.45, 2.75) is 6.04 Å². The molecule has 1 atom stereocenters. The molecule has 0 bridgehead atoms. The van der Waals surface area contributed by atoms with Crippen LogP contribution in [0.25, 0.3) is 0 Å². The molecule has 0 fully saturated rings. The standard InChI is InChI=1S/C18H21N5O2/c1-5-13-7-6-8-15(9-13)21-18(25)17(24)19-11-16(22(2)3)14-10-20-23(4)12-14/h1,6-10,12,16H,11H2,2-4H3,(H,19,24)(H,21,25). The van der Waals surface area contributed by atoms with Crippen LogP contribution in [0.1, 0.15) is 17.2 Å². The lowest BCUT2D eigenvalue weighted by Crippen LogP contribution is -2.40. The number of nitrogens with zero attached hydrogens (tertiary/aromatic N) is 3. The number of hydrogen-bond acceptors (Lipinski definition) is 4. The third kappa shape index (κ3) is 4.93. The summed E-state index contributed by atoms with van der Waals surface area (Å²) in [5.74, 6) is 1.03. The fourth-order valence-electron chi connectivity index (χ4n) is 2.36.